The third kappa shape index (κ3) is 9.62. The molecule has 0 aromatic carbocycles. The molecule has 3 rings (SSSR count). The molecule has 278 valence electrons. The van der Waals surface area contributed by atoms with E-state index in [0.717, 1.165) is 6.42 Å². The minimum absolute atomic E-state index is 0.0543. The van der Waals surface area contributed by atoms with Crippen LogP contribution in [0.3, 0.4) is 0 Å². The van der Waals surface area contributed by atoms with Gasteiger partial charge in [-0.3, -0.25) is 19.2 Å². The van der Waals surface area contributed by atoms with Crippen LogP contribution < -0.4 is 26.0 Å². The number of nitrogens with zero attached hydrogens (tertiary/aromatic N) is 1. The number of hydrogen-bond donors (Lipinski definition) is 5. The lowest BCUT2D eigenvalue weighted by atomic mass is 9.83. The molecule has 0 bridgehead atoms. The lowest BCUT2D eigenvalue weighted by molar-refractivity contribution is -0.145. The van der Waals surface area contributed by atoms with Crippen molar-refractivity contribution in [1.82, 2.24) is 30.9 Å². The zero-order valence-electron chi connectivity index (χ0n) is 30.9. The van der Waals surface area contributed by atoms with Crippen LogP contribution in [0.1, 0.15) is 101 Å². The number of amides is 5. The molecule has 2 heterocycles. The second-order valence-electron chi connectivity index (χ2n) is 16.7. The molecule has 7 atom stereocenters. The van der Waals surface area contributed by atoms with Crippen molar-refractivity contribution < 1.29 is 32.4 Å². The summed E-state index contributed by atoms with van der Waals surface area (Å²) in [5.41, 5.74) is -1.45. The molecular weight excluding hydrogens is 648 g/mol. The molecular formula is C35H60N6O7S. The summed E-state index contributed by atoms with van der Waals surface area (Å²) in [6.07, 6.45) is 4.54. The predicted molar refractivity (Wildman–Crippen MR) is 189 cm³/mol. The van der Waals surface area contributed by atoms with Crippen LogP contribution in [0.5, 0.6) is 0 Å². The molecule has 0 radical (unpaired) electrons. The second-order valence-corrected chi connectivity index (χ2v) is 18.8. The first-order valence-electron chi connectivity index (χ1n) is 17.7. The molecule has 5 amide bonds. The van der Waals surface area contributed by atoms with Crippen LogP contribution in [0, 0.1) is 28.1 Å². The number of unbranched alkanes of at least 4 members (excludes halogenated alkanes) is 1. The van der Waals surface area contributed by atoms with Gasteiger partial charge in [0.25, 0.3) is 5.91 Å². The number of carbonyl (C=O) groups is 5. The lowest BCUT2D eigenvalue weighted by Gasteiger charge is -2.39. The fraction of sp³-hybridized carbons (Fsp3) is 0.800. The Kier molecular flexibility index (Phi) is 12.8. The summed E-state index contributed by atoms with van der Waals surface area (Å²) in [6, 6.07) is -4.07. The van der Waals surface area contributed by atoms with Crippen LogP contribution >= 0.6 is 0 Å². The number of Topliss-reactive ketones (excluding diaryl/α,β-unsaturated/α-hetero) is 1. The maximum atomic E-state index is 14.4. The van der Waals surface area contributed by atoms with E-state index >= 15 is 0 Å². The van der Waals surface area contributed by atoms with Crippen molar-refractivity contribution in [2.24, 2.45) is 28.1 Å². The molecule has 3 aliphatic rings. The number of piperidine rings is 1. The minimum Gasteiger partial charge on any atom is -0.346 e. The average molecular weight is 709 g/mol. The van der Waals surface area contributed by atoms with Crippen LogP contribution in [0.4, 0.5) is 4.79 Å². The number of nitrogens with one attached hydrogen (secondary N) is 5. The molecule has 2 unspecified atom stereocenters. The minimum atomic E-state index is -3.51. The normalized spacial score (nSPS) is 25.9. The molecule has 13 nitrogen and oxygen atoms in total. The van der Waals surface area contributed by atoms with E-state index in [2.05, 4.69) is 46.4 Å². The van der Waals surface area contributed by atoms with Crippen LogP contribution in [0.15, 0.2) is 12.7 Å². The fourth-order valence-electron chi connectivity index (χ4n) is 7.26. The largest absolute Gasteiger partial charge is 0.346 e. The summed E-state index contributed by atoms with van der Waals surface area (Å²) < 4.78 is 28.0. The monoisotopic (exact) mass is 708 g/mol. The smallest absolute Gasteiger partial charge is 0.315 e. The quantitative estimate of drug-likeness (QED) is 0.136. The molecule has 0 spiro atoms. The van der Waals surface area contributed by atoms with Gasteiger partial charge < -0.3 is 26.2 Å². The number of urea groups is 1. The molecule has 2 aliphatic heterocycles. The van der Waals surface area contributed by atoms with E-state index < -0.39 is 79.8 Å². The standard InChI is InChI=1S/C35H60N6O7S/c1-11-13-16-23(27(42)30(44)36-17-12-2)38-29(43)26-25-22(35(25,9)10)20-41(26)31(45)28(34(6,7)8)40-32(46)39-24(33(3,4)5)19-21-15-14-18-37-49(21,47)48/h12,21-26,28,37H,2,11,13-20H2,1,3-10H3,(H,36,44)(H,38,43)(H2,39,40,46)/t21?,22-,23?,24+,25-,26-,28+/m0/s1. The third-order valence-electron chi connectivity index (χ3n) is 10.6. The zero-order valence-corrected chi connectivity index (χ0v) is 31.7. The summed E-state index contributed by atoms with van der Waals surface area (Å²) >= 11 is 0. The summed E-state index contributed by atoms with van der Waals surface area (Å²) in [7, 11) is -3.51. The first kappa shape index (κ1) is 40.4. The van der Waals surface area contributed by atoms with E-state index in [-0.39, 0.29) is 36.6 Å². The number of sulfonamides is 1. The van der Waals surface area contributed by atoms with Crippen molar-refractivity contribution in [1.29, 1.82) is 0 Å². The van der Waals surface area contributed by atoms with Crippen LogP contribution in [0.25, 0.3) is 0 Å². The van der Waals surface area contributed by atoms with E-state index in [1.165, 1.54) is 11.0 Å². The molecule has 1 saturated carbocycles. The second kappa shape index (κ2) is 15.5. The van der Waals surface area contributed by atoms with Gasteiger partial charge in [-0.1, -0.05) is 81.2 Å². The van der Waals surface area contributed by atoms with Gasteiger partial charge in [0.05, 0.1) is 11.3 Å². The van der Waals surface area contributed by atoms with Crippen LogP contribution in [-0.2, 0) is 29.2 Å². The number of ketones is 1. The molecule has 0 aromatic rings. The Hall–Kier alpha value is -3.00. The van der Waals surface area contributed by atoms with E-state index in [4.69, 9.17) is 0 Å². The Bertz CT molecular complexity index is 1380. The summed E-state index contributed by atoms with van der Waals surface area (Å²) in [6.45, 7) is 21.7. The Morgan fingerprint density at radius 1 is 1.02 bits per heavy atom. The molecule has 1 aliphatic carbocycles. The summed E-state index contributed by atoms with van der Waals surface area (Å²) in [5.74, 6) is -2.57. The van der Waals surface area contributed by atoms with Gasteiger partial charge in [-0.2, -0.15) is 0 Å². The maximum Gasteiger partial charge on any atom is 0.315 e. The van der Waals surface area contributed by atoms with E-state index in [1.807, 2.05) is 48.5 Å². The number of likely N-dealkylation sites (tertiary alicyclic amines) is 1. The predicted octanol–water partition coefficient (Wildman–Crippen LogP) is 2.62. The van der Waals surface area contributed by atoms with Gasteiger partial charge in [0, 0.05) is 25.7 Å². The number of fused-ring (bicyclic) bond motifs is 1. The van der Waals surface area contributed by atoms with Gasteiger partial charge in [0.15, 0.2) is 0 Å². The average Bonchev–Trinajstić information content (AvgIpc) is 3.31. The molecule has 0 aromatic heterocycles. The van der Waals surface area contributed by atoms with Gasteiger partial charge >= 0.3 is 6.03 Å². The summed E-state index contributed by atoms with van der Waals surface area (Å²) in [4.78, 5) is 69.2. The molecule has 2 saturated heterocycles. The Morgan fingerprint density at radius 3 is 2.22 bits per heavy atom. The highest BCUT2D eigenvalue weighted by Gasteiger charge is 2.70. The molecule has 14 heteroatoms. The van der Waals surface area contributed by atoms with Crippen LogP contribution in [-0.4, -0.2) is 91.9 Å². The summed E-state index contributed by atoms with van der Waals surface area (Å²) in [5, 5.41) is 10.5. The lowest BCUT2D eigenvalue weighted by Crippen LogP contribution is -2.62. The highest BCUT2D eigenvalue weighted by Crippen LogP contribution is 2.65. The maximum absolute atomic E-state index is 14.4. The van der Waals surface area contributed by atoms with Crippen molar-refractivity contribution in [3.8, 4) is 0 Å². The zero-order chi connectivity index (χ0) is 37.1. The first-order valence-corrected chi connectivity index (χ1v) is 19.2. The van der Waals surface area contributed by atoms with Gasteiger partial charge in [-0.15, -0.1) is 6.58 Å². The van der Waals surface area contributed by atoms with E-state index in [9.17, 15) is 32.4 Å². The van der Waals surface area contributed by atoms with Crippen molar-refractivity contribution in [3.05, 3.63) is 12.7 Å². The fourth-order valence-corrected chi connectivity index (χ4v) is 8.84. The molecule has 5 N–H and O–H groups in total. The van der Waals surface area contributed by atoms with Gasteiger partial charge in [0.2, 0.25) is 27.6 Å². The van der Waals surface area contributed by atoms with E-state index in [0.29, 0.717) is 32.4 Å². The molecule has 3 fully saturated rings. The van der Waals surface area contributed by atoms with Crippen molar-refractivity contribution in [2.75, 3.05) is 19.6 Å². The molecule has 49 heavy (non-hydrogen) atoms. The van der Waals surface area contributed by atoms with Crippen molar-refractivity contribution in [2.45, 2.75) is 130 Å². The highest BCUT2D eigenvalue weighted by atomic mass is 32.2. The highest BCUT2D eigenvalue weighted by molar-refractivity contribution is 7.90. The number of carbonyl (C=O) groups excluding carboxylic acids is 5. The Labute approximate surface area is 293 Å². The SMILES string of the molecule is C=CCNC(=O)C(=O)C(CCCC)NC(=O)[C@@H]1[C@@H]2[C@H](CN1C(=O)[C@@H](NC(=O)N[C@H](CC1CCCNS1(=O)=O)C(C)(C)C)C(C)(C)C)C2(C)C. The third-order valence-corrected chi connectivity index (χ3v) is 12.5. The van der Waals surface area contributed by atoms with Gasteiger partial charge in [0.1, 0.15) is 12.1 Å². The number of hydrogen-bond acceptors (Lipinski definition) is 7. The van der Waals surface area contributed by atoms with Crippen LogP contribution in [0.2, 0.25) is 0 Å². The van der Waals surface area contributed by atoms with Crippen molar-refractivity contribution >= 4 is 39.6 Å². The van der Waals surface area contributed by atoms with E-state index in [1.54, 1.807) is 0 Å². The Morgan fingerprint density at radius 2 is 1.67 bits per heavy atom. The van der Waals surface area contributed by atoms with Gasteiger partial charge in [-0.25, -0.2) is 17.9 Å². The first-order chi connectivity index (χ1) is 22.6. The Balaban J connectivity index is 1.83. The number of rotatable bonds is 14. The topological polar surface area (TPSA) is 183 Å². The van der Waals surface area contributed by atoms with Gasteiger partial charge in [-0.05, 0) is 53.8 Å². The van der Waals surface area contributed by atoms with Crippen molar-refractivity contribution in [3.63, 3.8) is 0 Å².